The number of nitrogens with zero attached hydrogens (tertiary/aromatic N) is 3. The van der Waals surface area contributed by atoms with Crippen molar-refractivity contribution in [1.82, 2.24) is 13.7 Å². The molecule has 0 aliphatic carbocycles. The molecule has 7 heteroatoms. The Hall–Kier alpha value is -2.15. The van der Waals surface area contributed by atoms with Gasteiger partial charge in [0.2, 0.25) is 0 Å². The van der Waals surface area contributed by atoms with Crippen LogP contribution in [0.4, 0.5) is 0 Å². The van der Waals surface area contributed by atoms with E-state index in [4.69, 9.17) is 4.74 Å². The van der Waals surface area contributed by atoms with Gasteiger partial charge in [-0.2, -0.15) is 0 Å². The average Bonchev–Trinajstić information content (AvgIpc) is 3.20. The van der Waals surface area contributed by atoms with Crippen LogP contribution in [0.5, 0.6) is 0 Å². The Bertz CT molecular complexity index is 651. The van der Waals surface area contributed by atoms with Gasteiger partial charge in [0, 0.05) is 12.4 Å². The lowest BCUT2D eigenvalue weighted by atomic mass is 10.5. The zero-order valence-electron chi connectivity index (χ0n) is 10.8. The van der Waals surface area contributed by atoms with Gasteiger partial charge >= 0.3 is 17.1 Å². The largest absolute Gasteiger partial charge is 0.371 e. The average molecular weight is 265 g/mol. The highest BCUT2D eigenvalue weighted by Crippen LogP contribution is 2.08. The SMILES string of the molecule is CC=Cn1c(=O)n(C=CC)c(=O)n(CC2CO2)c1=O. The number of epoxide rings is 1. The van der Waals surface area contributed by atoms with Gasteiger partial charge in [-0.15, -0.1) is 0 Å². The molecular weight excluding hydrogens is 250 g/mol. The summed E-state index contributed by atoms with van der Waals surface area (Å²) in [5.41, 5.74) is -1.98. The molecule has 1 fully saturated rings. The van der Waals surface area contributed by atoms with Crippen LogP contribution in [0.25, 0.3) is 12.4 Å². The molecule has 102 valence electrons. The van der Waals surface area contributed by atoms with E-state index >= 15 is 0 Å². The van der Waals surface area contributed by atoms with Crippen molar-refractivity contribution in [2.45, 2.75) is 26.5 Å². The zero-order chi connectivity index (χ0) is 14.0. The van der Waals surface area contributed by atoms with Crippen molar-refractivity contribution in [3.63, 3.8) is 0 Å². The minimum atomic E-state index is -0.681. The molecule has 1 aromatic rings. The van der Waals surface area contributed by atoms with Crippen LogP contribution < -0.4 is 17.1 Å². The van der Waals surface area contributed by atoms with Gasteiger partial charge < -0.3 is 4.74 Å². The number of aromatic nitrogens is 3. The molecule has 0 amide bonds. The lowest BCUT2D eigenvalue weighted by Crippen LogP contribution is -2.52. The topological polar surface area (TPSA) is 78.5 Å². The van der Waals surface area contributed by atoms with Crippen LogP contribution in [0.2, 0.25) is 0 Å². The molecule has 7 nitrogen and oxygen atoms in total. The predicted molar refractivity (Wildman–Crippen MR) is 71.0 cm³/mol. The van der Waals surface area contributed by atoms with Crippen molar-refractivity contribution in [3.05, 3.63) is 43.6 Å². The molecule has 1 aliphatic rings. The molecule has 0 saturated carbocycles. The van der Waals surface area contributed by atoms with Crippen molar-refractivity contribution < 1.29 is 4.74 Å². The Balaban J connectivity index is 2.75. The highest BCUT2D eigenvalue weighted by molar-refractivity contribution is 5.24. The smallest absolute Gasteiger partial charge is 0.344 e. The third-order valence-electron chi connectivity index (χ3n) is 2.67. The first-order valence-electron chi connectivity index (χ1n) is 5.95. The number of rotatable bonds is 4. The van der Waals surface area contributed by atoms with E-state index in [0.717, 1.165) is 13.7 Å². The molecule has 1 unspecified atom stereocenters. The molecule has 1 atom stereocenters. The van der Waals surface area contributed by atoms with Crippen LogP contribution >= 0.6 is 0 Å². The minimum absolute atomic E-state index is 0.124. The molecule has 0 aromatic carbocycles. The molecule has 1 saturated heterocycles. The summed E-state index contributed by atoms with van der Waals surface area (Å²) in [6, 6.07) is 0. The Morgan fingerprint density at radius 3 is 1.89 bits per heavy atom. The molecular formula is C12H15N3O4. The Morgan fingerprint density at radius 1 is 1.05 bits per heavy atom. The van der Waals surface area contributed by atoms with Gasteiger partial charge in [0.05, 0.1) is 19.3 Å². The van der Waals surface area contributed by atoms with E-state index in [2.05, 4.69) is 0 Å². The van der Waals surface area contributed by atoms with E-state index in [1.165, 1.54) is 12.4 Å². The maximum absolute atomic E-state index is 12.1. The summed E-state index contributed by atoms with van der Waals surface area (Å²) in [5.74, 6) is 0. The molecule has 0 N–H and O–H groups in total. The second kappa shape index (κ2) is 5.23. The standard InChI is InChI=1S/C12H15N3O4/c1-3-5-13-10(16)14(6-4-2)12(18)15(11(13)17)7-9-8-19-9/h3-6,9H,7-8H2,1-2H3. The molecule has 1 aliphatic heterocycles. The highest BCUT2D eigenvalue weighted by atomic mass is 16.6. The maximum Gasteiger partial charge on any atom is 0.344 e. The Kier molecular flexibility index (Phi) is 3.66. The quantitative estimate of drug-likeness (QED) is 0.691. The fraction of sp³-hybridized carbons (Fsp3) is 0.417. The lowest BCUT2D eigenvalue weighted by molar-refractivity contribution is 0.370. The van der Waals surface area contributed by atoms with E-state index in [1.54, 1.807) is 26.0 Å². The molecule has 0 radical (unpaired) electrons. The zero-order valence-corrected chi connectivity index (χ0v) is 10.8. The van der Waals surface area contributed by atoms with Gasteiger partial charge in [-0.05, 0) is 13.8 Å². The van der Waals surface area contributed by atoms with Crippen molar-refractivity contribution in [1.29, 1.82) is 0 Å². The van der Waals surface area contributed by atoms with Crippen LogP contribution in [0.1, 0.15) is 13.8 Å². The van der Waals surface area contributed by atoms with Gasteiger partial charge in [0.15, 0.2) is 0 Å². The summed E-state index contributed by atoms with van der Waals surface area (Å²) in [4.78, 5) is 36.2. The molecule has 2 rings (SSSR count). The minimum Gasteiger partial charge on any atom is -0.371 e. The van der Waals surface area contributed by atoms with Gasteiger partial charge in [0.25, 0.3) is 0 Å². The van der Waals surface area contributed by atoms with E-state index in [9.17, 15) is 14.4 Å². The van der Waals surface area contributed by atoms with Crippen LogP contribution in [-0.2, 0) is 11.3 Å². The van der Waals surface area contributed by atoms with Crippen molar-refractivity contribution >= 4 is 12.4 Å². The van der Waals surface area contributed by atoms with Crippen molar-refractivity contribution in [3.8, 4) is 0 Å². The second-order valence-electron chi connectivity index (χ2n) is 4.12. The van der Waals surface area contributed by atoms with Crippen LogP contribution in [0.15, 0.2) is 26.5 Å². The first-order chi connectivity index (χ1) is 9.10. The summed E-state index contributed by atoms with van der Waals surface area (Å²) in [6.45, 7) is 4.06. The maximum atomic E-state index is 12.1. The summed E-state index contributed by atoms with van der Waals surface area (Å²) in [7, 11) is 0. The molecule has 1 aromatic heterocycles. The van der Waals surface area contributed by atoms with Crippen molar-refractivity contribution in [2.75, 3.05) is 6.61 Å². The third kappa shape index (κ3) is 2.50. The number of allylic oxidation sites excluding steroid dienone is 2. The van der Waals surface area contributed by atoms with Gasteiger partial charge in [0.1, 0.15) is 0 Å². The number of hydrogen-bond acceptors (Lipinski definition) is 4. The molecule has 0 bridgehead atoms. The van der Waals surface area contributed by atoms with E-state index in [1.807, 2.05) is 0 Å². The lowest BCUT2D eigenvalue weighted by Gasteiger charge is -2.08. The third-order valence-corrected chi connectivity index (χ3v) is 2.67. The summed E-state index contributed by atoms with van der Waals surface area (Å²) >= 11 is 0. The highest BCUT2D eigenvalue weighted by Gasteiger charge is 2.25. The summed E-state index contributed by atoms with van der Waals surface area (Å²) in [5, 5.41) is 0. The number of hydrogen-bond donors (Lipinski definition) is 0. The van der Waals surface area contributed by atoms with E-state index in [-0.39, 0.29) is 12.6 Å². The molecule has 2 heterocycles. The van der Waals surface area contributed by atoms with Gasteiger partial charge in [-0.1, -0.05) is 12.2 Å². The monoisotopic (exact) mass is 265 g/mol. The number of ether oxygens (including phenoxy) is 1. The van der Waals surface area contributed by atoms with Crippen LogP contribution in [-0.4, -0.2) is 26.4 Å². The van der Waals surface area contributed by atoms with Crippen LogP contribution in [0, 0.1) is 0 Å². The Labute approximate surface area is 108 Å². The van der Waals surface area contributed by atoms with E-state index < -0.39 is 17.1 Å². The Morgan fingerprint density at radius 2 is 1.53 bits per heavy atom. The molecule has 19 heavy (non-hydrogen) atoms. The van der Waals surface area contributed by atoms with Crippen LogP contribution in [0.3, 0.4) is 0 Å². The van der Waals surface area contributed by atoms with Gasteiger partial charge in [-0.3, -0.25) is 0 Å². The predicted octanol–water partition coefficient (Wildman–Crippen LogP) is -0.448. The normalized spacial score (nSPS) is 18.5. The van der Waals surface area contributed by atoms with E-state index in [0.29, 0.717) is 6.61 Å². The summed E-state index contributed by atoms with van der Waals surface area (Å²) in [6.07, 6.45) is 5.68. The summed E-state index contributed by atoms with van der Waals surface area (Å²) < 4.78 is 7.85. The molecule has 0 spiro atoms. The fourth-order valence-electron chi connectivity index (χ4n) is 1.71. The first kappa shape index (κ1) is 13.3. The van der Waals surface area contributed by atoms with Crippen molar-refractivity contribution in [2.24, 2.45) is 0 Å². The first-order valence-corrected chi connectivity index (χ1v) is 5.95. The second-order valence-corrected chi connectivity index (χ2v) is 4.12. The van der Waals surface area contributed by atoms with Gasteiger partial charge in [-0.25, -0.2) is 28.1 Å². The fourth-order valence-corrected chi connectivity index (χ4v) is 1.71.